The molecule has 0 aliphatic rings. The van der Waals surface area contributed by atoms with Gasteiger partial charge in [0.05, 0.1) is 0 Å². The molecule has 38 valence electrons. The van der Waals surface area contributed by atoms with Gasteiger partial charge in [0.25, 0.3) is 0 Å². The second-order valence-electron chi connectivity index (χ2n) is 1.28. The van der Waals surface area contributed by atoms with E-state index >= 15 is 0 Å². The SMILES string of the molecule is [CH2-]CCCCO.[K+]. The second-order valence-corrected chi connectivity index (χ2v) is 1.28. The molecule has 0 fully saturated rings. The normalized spacial score (nSPS) is 7.71. The van der Waals surface area contributed by atoms with Crippen molar-refractivity contribution in [1.82, 2.24) is 0 Å². The van der Waals surface area contributed by atoms with Gasteiger partial charge in [-0.15, -0.1) is 0 Å². The molecule has 0 unspecified atom stereocenters. The molecule has 7 heavy (non-hydrogen) atoms. The largest absolute Gasteiger partial charge is 1.00 e. The van der Waals surface area contributed by atoms with Gasteiger partial charge >= 0.3 is 51.4 Å². The third-order valence-electron chi connectivity index (χ3n) is 0.658. The monoisotopic (exact) mass is 126 g/mol. The van der Waals surface area contributed by atoms with Crippen LogP contribution in [-0.2, 0) is 0 Å². The molecule has 0 rings (SSSR count). The van der Waals surface area contributed by atoms with E-state index in [1.54, 1.807) is 0 Å². The van der Waals surface area contributed by atoms with Gasteiger partial charge in [-0.25, -0.2) is 0 Å². The maximum Gasteiger partial charge on any atom is 1.00 e. The molecule has 0 saturated heterocycles. The summed E-state index contributed by atoms with van der Waals surface area (Å²) in [7, 11) is 0. The average molecular weight is 126 g/mol. The van der Waals surface area contributed by atoms with E-state index in [2.05, 4.69) is 6.92 Å². The van der Waals surface area contributed by atoms with Crippen LogP contribution in [0, 0.1) is 6.92 Å². The molecule has 0 aliphatic carbocycles. The van der Waals surface area contributed by atoms with Crippen LogP contribution < -0.4 is 51.4 Å². The van der Waals surface area contributed by atoms with Crippen LogP contribution in [0.4, 0.5) is 0 Å². The molecular weight excluding hydrogens is 115 g/mol. The number of aliphatic hydroxyl groups excluding tert-OH is 1. The zero-order valence-corrected chi connectivity index (χ0v) is 8.11. The molecule has 0 radical (unpaired) electrons. The van der Waals surface area contributed by atoms with Crippen LogP contribution in [0.2, 0.25) is 0 Å². The molecule has 1 N–H and O–H groups in total. The van der Waals surface area contributed by atoms with Crippen molar-refractivity contribution in [2.45, 2.75) is 19.3 Å². The van der Waals surface area contributed by atoms with Gasteiger partial charge in [-0.3, -0.25) is 0 Å². The first-order chi connectivity index (χ1) is 2.91. The van der Waals surface area contributed by atoms with Gasteiger partial charge in [-0.1, -0.05) is 6.42 Å². The second kappa shape index (κ2) is 10.6. The topological polar surface area (TPSA) is 20.2 Å². The number of hydrogen-bond donors (Lipinski definition) is 1. The number of rotatable bonds is 3. The molecule has 0 amide bonds. The van der Waals surface area contributed by atoms with Gasteiger partial charge in [-0.2, -0.15) is 6.42 Å². The average Bonchev–Trinajstić information content (AvgIpc) is 1.61. The van der Waals surface area contributed by atoms with Gasteiger partial charge in [0.15, 0.2) is 0 Å². The standard InChI is InChI=1S/C5H11O.K/c1-2-3-4-5-6;/h6H,1-5H2;/q-1;+1. The smallest absolute Gasteiger partial charge is 0.396 e. The first-order valence-electron chi connectivity index (χ1n) is 2.32. The van der Waals surface area contributed by atoms with E-state index in [4.69, 9.17) is 5.11 Å². The summed E-state index contributed by atoms with van der Waals surface area (Å²) in [4.78, 5) is 0. The minimum absolute atomic E-state index is 0. The Morgan fingerprint density at radius 1 is 1.29 bits per heavy atom. The molecule has 0 saturated carbocycles. The van der Waals surface area contributed by atoms with Crippen LogP contribution >= 0.6 is 0 Å². The minimum Gasteiger partial charge on any atom is -0.396 e. The Hall–Kier alpha value is 1.60. The number of unbranched alkanes of at least 4 members (excludes halogenated alkanes) is 2. The summed E-state index contributed by atoms with van der Waals surface area (Å²) in [6.45, 7) is 3.93. The van der Waals surface area contributed by atoms with E-state index < -0.39 is 0 Å². The van der Waals surface area contributed by atoms with Gasteiger partial charge in [0.1, 0.15) is 0 Å². The van der Waals surface area contributed by atoms with Crippen molar-refractivity contribution < 1.29 is 56.5 Å². The van der Waals surface area contributed by atoms with Crippen molar-refractivity contribution in [2.24, 2.45) is 0 Å². The van der Waals surface area contributed by atoms with Gasteiger partial charge in [0, 0.05) is 6.61 Å². The van der Waals surface area contributed by atoms with Crippen LogP contribution in [0.25, 0.3) is 0 Å². The first-order valence-corrected chi connectivity index (χ1v) is 2.32. The van der Waals surface area contributed by atoms with Gasteiger partial charge in [0.2, 0.25) is 0 Å². The number of aliphatic hydroxyl groups is 1. The summed E-state index contributed by atoms with van der Waals surface area (Å²) >= 11 is 0. The quantitative estimate of drug-likeness (QED) is 0.263. The van der Waals surface area contributed by atoms with Crippen molar-refractivity contribution in [3.05, 3.63) is 6.92 Å². The van der Waals surface area contributed by atoms with Crippen molar-refractivity contribution in [1.29, 1.82) is 0 Å². The van der Waals surface area contributed by atoms with Crippen molar-refractivity contribution >= 4 is 0 Å². The summed E-state index contributed by atoms with van der Waals surface area (Å²) < 4.78 is 0. The van der Waals surface area contributed by atoms with Crippen molar-refractivity contribution in [3.63, 3.8) is 0 Å². The van der Waals surface area contributed by atoms with E-state index in [-0.39, 0.29) is 51.4 Å². The summed E-state index contributed by atoms with van der Waals surface area (Å²) in [5.74, 6) is 0. The Labute approximate surface area is 87.9 Å². The Morgan fingerprint density at radius 3 is 2.00 bits per heavy atom. The maximum atomic E-state index is 8.17. The molecule has 0 aromatic rings. The summed E-state index contributed by atoms with van der Waals surface area (Å²) in [6, 6.07) is 0. The third kappa shape index (κ3) is 11.3. The van der Waals surface area contributed by atoms with E-state index in [1.165, 1.54) is 0 Å². The molecule has 0 aromatic heterocycles. The Morgan fingerprint density at radius 2 is 1.86 bits per heavy atom. The molecule has 0 spiro atoms. The summed E-state index contributed by atoms with van der Waals surface area (Å²) in [6.07, 6.45) is 2.90. The molecular formula is C5H11KO. The van der Waals surface area contributed by atoms with Crippen LogP contribution in [0.1, 0.15) is 19.3 Å². The summed E-state index contributed by atoms with van der Waals surface area (Å²) in [5.41, 5.74) is 0. The zero-order valence-electron chi connectivity index (χ0n) is 4.98. The molecule has 0 bridgehead atoms. The summed E-state index contributed by atoms with van der Waals surface area (Å²) in [5, 5.41) is 8.17. The molecule has 0 atom stereocenters. The van der Waals surface area contributed by atoms with Crippen molar-refractivity contribution in [2.75, 3.05) is 6.61 Å². The fourth-order valence-corrected chi connectivity index (χ4v) is 0.289. The molecule has 0 heterocycles. The third-order valence-corrected chi connectivity index (χ3v) is 0.658. The Kier molecular flexibility index (Phi) is 17.2. The molecule has 0 aliphatic heterocycles. The van der Waals surface area contributed by atoms with Crippen molar-refractivity contribution in [3.8, 4) is 0 Å². The van der Waals surface area contributed by atoms with Gasteiger partial charge in [-0.05, 0) is 6.42 Å². The van der Waals surface area contributed by atoms with Crippen LogP contribution in [-0.4, -0.2) is 11.7 Å². The van der Waals surface area contributed by atoms with E-state index in [0.29, 0.717) is 6.61 Å². The van der Waals surface area contributed by atoms with Gasteiger partial charge < -0.3 is 12.0 Å². The Balaban J connectivity index is 0. The first kappa shape index (κ1) is 11.4. The maximum absolute atomic E-state index is 8.17. The predicted molar refractivity (Wildman–Crippen MR) is 26.3 cm³/mol. The van der Waals surface area contributed by atoms with Crippen LogP contribution in [0.3, 0.4) is 0 Å². The fourth-order valence-electron chi connectivity index (χ4n) is 0.289. The predicted octanol–water partition coefficient (Wildman–Crippen LogP) is -2.01. The molecule has 0 aromatic carbocycles. The minimum atomic E-state index is 0. The van der Waals surface area contributed by atoms with Crippen LogP contribution in [0.5, 0.6) is 0 Å². The van der Waals surface area contributed by atoms with E-state index in [9.17, 15) is 0 Å². The fraction of sp³-hybridized carbons (Fsp3) is 0.800. The molecule has 1 nitrogen and oxygen atoms in total. The number of hydrogen-bond acceptors (Lipinski definition) is 1. The zero-order chi connectivity index (χ0) is 4.83. The Bertz CT molecular complexity index is 20.0. The van der Waals surface area contributed by atoms with E-state index in [1.807, 2.05) is 0 Å². The van der Waals surface area contributed by atoms with E-state index in [0.717, 1.165) is 19.3 Å². The molecule has 2 heteroatoms. The van der Waals surface area contributed by atoms with Crippen LogP contribution in [0.15, 0.2) is 0 Å².